The molecule has 3 aromatic rings. The van der Waals surface area contributed by atoms with E-state index in [2.05, 4.69) is 26.3 Å². The molecule has 1 aliphatic carbocycles. The van der Waals surface area contributed by atoms with Crippen LogP contribution in [0.15, 0.2) is 40.9 Å². The van der Waals surface area contributed by atoms with Gasteiger partial charge in [0, 0.05) is 30.0 Å². The number of anilines is 1. The Morgan fingerprint density at radius 3 is 2.39 bits per heavy atom. The number of amides is 2. The first-order chi connectivity index (χ1) is 17.8. The molecule has 2 amide bonds. The highest BCUT2D eigenvalue weighted by Gasteiger charge is 2.38. The first kappa shape index (κ1) is 27.9. The molecule has 1 aromatic heterocycles. The highest BCUT2D eigenvalue weighted by Crippen LogP contribution is 2.46. The van der Waals surface area contributed by atoms with Crippen molar-refractivity contribution in [3.05, 3.63) is 52.1 Å². The molecule has 1 fully saturated rings. The first-order valence-corrected chi connectivity index (χ1v) is 14.3. The number of rotatable bonds is 9. The standard InChI is InChI=1S/C24H25BrF3N5O4S/c1-29-22(34)21-18-12-17(14-4-5-14)20(13-19(18)31-33(21)16-8-6-15(25)7-9-16)32(38(2,36)37)11-3-10-30-23(35)24(26,27)28/h6-9,12-14H,3-5,10-11H2,1-2H3,(H,29,34)(H,30,35). The molecule has 204 valence electrons. The van der Waals surface area contributed by atoms with E-state index in [1.54, 1.807) is 41.7 Å². The summed E-state index contributed by atoms with van der Waals surface area (Å²) in [6.07, 6.45) is -2.40. The van der Waals surface area contributed by atoms with E-state index in [1.807, 2.05) is 0 Å². The maximum absolute atomic E-state index is 12.9. The molecule has 38 heavy (non-hydrogen) atoms. The van der Waals surface area contributed by atoms with Gasteiger partial charge in [-0.25, -0.2) is 13.1 Å². The fourth-order valence-electron chi connectivity index (χ4n) is 4.17. The summed E-state index contributed by atoms with van der Waals surface area (Å²) in [5, 5.41) is 9.55. The number of hydrogen-bond acceptors (Lipinski definition) is 5. The van der Waals surface area contributed by atoms with E-state index in [1.165, 1.54) is 11.7 Å². The fraction of sp³-hybridized carbons (Fsp3) is 0.375. The predicted octanol–water partition coefficient (Wildman–Crippen LogP) is 3.86. The van der Waals surface area contributed by atoms with Crippen LogP contribution < -0.4 is 14.9 Å². The van der Waals surface area contributed by atoms with E-state index >= 15 is 0 Å². The number of fused-ring (bicyclic) bond motifs is 1. The lowest BCUT2D eigenvalue weighted by atomic mass is 10.0. The lowest BCUT2D eigenvalue weighted by Crippen LogP contribution is -2.39. The minimum atomic E-state index is -5.02. The van der Waals surface area contributed by atoms with Crippen LogP contribution in [-0.2, 0) is 14.8 Å². The second kappa shape index (κ2) is 10.6. The summed E-state index contributed by atoms with van der Waals surface area (Å²) < 4.78 is 66.5. The third-order valence-corrected chi connectivity index (χ3v) is 7.81. The highest BCUT2D eigenvalue weighted by molar-refractivity contribution is 9.10. The minimum absolute atomic E-state index is 0.0478. The maximum Gasteiger partial charge on any atom is 0.471 e. The Morgan fingerprint density at radius 1 is 1.18 bits per heavy atom. The number of nitrogens with one attached hydrogen (secondary N) is 2. The van der Waals surface area contributed by atoms with Crippen LogP contribution in [0, 0.1) is 0 Å². The van der Waals surface area contributed by atoms with E-state index in [-0.39, 0.29) is 31.3 Å². The van der Waals surface area contributed by atoms with Gasteiger partial charge in [0.2, 0.25) is 10.0 Å². The Morgan fingerprint density at radius 2 is 1.84 bits per heavy atom. The van der Waals surface area contributed by atoms with Crippen molar-refractivity contribution in [3.63, 3.8) is 0 Å². The van der Waals surface area contributed by atoms with Crippen molar-refractivity contribution in [2.24, 2.45) is 0 Å². The zero-order valence-corrected chi connectivity index (χ0v) is 22.9. The summed E-state index contributed by atoms with van der Waals surface area (Å²) in [5.74, 6) is -2.38. The average Bonchev–Trinajstić information content (AvgIpc) is 3.62. The molecule has 1 heterocycles. The van der Waals surface area contributed by atoms with Crippen LogP contribution in [0.25, 0.3) is 16.6 Å². The summed E-state index contributed by atoms with van der Waals surface area (Å²) in [6.45, 7) is -0.512. The largest absolute Gasteiger partial charge is 0.471 e. The Kier molecular flexibility index (Phi) is 7.75. The molecule has 2 N–H and O–H groups in total. The number of aromatic nitrogens is 2. The molecule has 4 rings (SSSR count). The van der Waals surface area contributed by atoms with Crippen molar-refractivity contribution in [3.8, 4) is 5.69 Å². The molecule has 0 bridgehead atoms. The Hall–Kier alpha value is -3.13. The third-order valence-electron chi connectivity index (χ3n) is 6.10. The summed E-state index contributed by atoms with van der Waals surface area (Å²) >= 11 is 3.38. The van der Waals surface area contributed by atoms with Crippen molar-refractivity contribution >= 4 is 54.4 Å². The molecule has 0 spiro atoms. The van der Waals surface area contributed by atoms with Crippen LogP contribution >= 0.6 is 15.9 Å². The fourth-order valence-corrected chi connectivity index (χ4v) is 5.41. The zero-order valence-electron chi connectivity index (χ0n) is 20.5. The van der Waals surface area contributed by atoms with E-state index < -0.39 is 22.1 Å². The predicted molar refractivity (Wildman–Crippen MR) is 140 cm³/mol. The maximum atomic E-state index is 12.9. The Bertz CT molecular complexity index is 1490. The molecule has 0 atom stereocenters. The van der Waals surface area contributed by atoms with E-state index in [9.17, 15) is 31.2 Å². The molecule has 1 saturated carbocycles. The molecule has 2 aromatic carbocycles. The number of halogens is 4. The van der Waals surface area contributed by atoms with Crippen molar-refractivity contribution < 1.29 is 31.2 Å². The summed E-state index contributed by atoms with van der Waals surface area (Å²) in [6, 6.07) is 10.5. The van der Waals surface area contributed by atoms with Crippen LogP contribution in [0.2, 0.25) is 0 Å². The number of carbonyl (C=O) groups is 2. The molecule has 1 aliphatic rings. The van der Waals surface area contributed by atoms with E-state index in [0.717, 1.165) is 27.9 Å². The van der Waals surface area contributed by atoms with Gasteiger partial charge < -0.3 is 10.6 Å². The van der Waals surface area contributed by atoms with E-state index in [4.69, 9.17) is 0 Å². The van der Waals surface area contributed by atoms with Gasteiger partial charge >= 0.3 is 12.1 Å². The Labute approximate surface area is 225 Å². The average molecular weight is 616 g/mol. The van der Waals surface area contributed by atoms with Gasteiger partial charge in [0.15, 0.2) is 0 Å². The Balaban J connectivity index is 1.77. The minimum Gasteiger partial charge on any atom is -0.354 e. The second-order valence-electron chi connectivity index (χ2n) is 8.96. The topological polar surface area (TPSA) is 113 Å². The summed E-state index contributed by atoms with van der Waals surface area (Å²) in [7, 11) is -2.34. The van der Waals surface area contributed by atoms with Gasteiger partial charge in [0.1, 0.15) is 5.69 Å². The van der Waals surface area contributed by atoms with Crippen LogP contribution in [-0.4, -0.2) is 62.6 Å². The lowest BCUT2D eigenvalue weighted by molar-refractivity contribution is -0.173. The van der Waals surface area contributed by atoms with Crippen molar-refractivity contribution in [2.75, 3.05) is 30.7 Å². The quantitative estimate of drug-likeness (QED) is 0.355. The molecule has 14 heteroatoms. The van der Waals surface area contributed by atoms with Crippen molar-refractivity contribution in [1.29, 1.82) is 0 Å². The monoisotopic (exact) mass is 615 g/mol. The van der Waals surface area contributed by atoms with Crippen LogP contribution in [0.3, 0.4) is 0 Å². The second-order valence-corrected chi connectivity index (χ2v) is 11.8. The lowest BCUT2D eigenvalue weighted by Gasteiger charge is -2.25. The normalized spacial score (nSPS) is 13.9. The van der Waals surface area contributed by atoms with E-state index in [0.29, 0.717) is 33.5 Å². The summed E-state index contributed by atoms with van der Waals surface area (Å²) in [5.41, 5.74) is 2.36. The number of benzene rings is 2. The van der Waals surface area contributed by atoms with Gasteiger partial charge in [-0.3, -0.25) is 13.9 Å². The van der Waals surface area contributed by atoms with Gasteiger partial charge in [-0.2, -0.15) is 18.3 Å². The smallest absolute Gasteiger partial charge is 0.354 e. The molecular formula is C24H25BrF3N5O4S. The zero-order chi connectivity index (χ0) is 27.8. The molecule has 0 aliphatic heterocycles. The van der Waals surface area contributed by atoms with Gasteiger partial charge in [-0.1, -0.05) is 15.9 Å². The van der Waals surface area contributed by atoms with Crippen LogP contribution in [0.4, 0.5) is 18.9 Å². The van der Waals surface area contributed by atoms with Gasteiger partial charge in [0.05, 0.1) is 23.1 Å². The van der Waals surface area contributed by atoms with Crippen molar-refractivity contribution in [2.45, 2.75) is 31.4 Å². The molecule has 0 unspecified atom stereocenters. The SMILES string of the molecule is CNC(=O)c1c2cc(C3CC3)c(N(CCCNC(=O)C(F)(F)F)S(C)(=O)=O)cc2nn1-c1ccc(Br)cc1. The van der Waals surface area contributed by atoms with Crippen LogP contribution in [0.5, 0.6) is 0 Å². The highest BCUT2D eigenvalue weighted by atomic mass is 79.9. The number of carbonyl (C=O) groups excluding carboxylic acids is 2. The number of nitrogens with zero attached hydrogens (tertiary/aromatic N) is 3. The summed E-state index contributed by atoms with van der Waals surface area (Å²) in [4.78, 5) is 24.0. The number of hydrogen-bond donors (Lipinski definition) is 2. The molecule has 0 radical (unpaired) electrons. The third kappa shape index (κ3) is 5.96. The molecular weight excluding hydrogens is 591 g/mol. The van der Waals surface area contributed by atoms with Crippen molar-refractivity contribution in [1.82, 2.24) is 20.4 Å². The van der Waals surface area contributed by atoms with Gasteiger partial charge in [-0.15, -0.1) is 0 Å². The number of sulfonamides is 1. The van der Waals surface area contributed by atoms with Gasteiger partial charge in [-0.05, 0) is 67.1 Å². The molecule has 0 saturated heterocycles. The first-order valence-electron chi connectivity index (χ1n) is 11.7. The van der Waals surface area contributed by atoms with Crippen LogP contribution in [0.1, 0.15) is 41.2 Å². The van der Waals surface area contributed by atoms with Gasteiger partial charge in [0.25, 0.3) is 5.91 Å². The molecule has 9 nitrogen and oxygen atoms in total. The number of alkyl halides is 3.